The third-order valence-electron chi connectivity index (χ3n) is 7.91. The number of hydrogen-bond acceptors (Lipinski definition) is 7. The van der Waals surface area contributed by atoms with E-state index in [1.54, 1.807) is 6.92 Å². The Balaban J connectivity index is 1.86. The first-order valence-corrected chi connectivity index (χ1v) is 11.0. The number of carbonyl (C=O) groups is 1. The van der Waals surface area contributed by atoms with Crippen molar-refractivity contribution in [1.82, 2.24) is 0 Å². The number of carbonyl (C=O) groups excluding carboxylic acids is 1. The monoisotopic (exact) mass is 422 g/mol. The predicted octanol–water partition coefficient (Wildman–Crippen LogP) is 1.21. The van der Waals surface area contributed by atoms with Crippen LogP contribution in [0.5, 0.6) is 0 Å². The van der Waals surface area contributed by atoms with Crippen molar-refractivity contribution in [3.05, 3.63) is 23.8 Å². The summed E-state index contributed by atoms with van der Waals surface area (Å²) in [6, 6.07) is 0. The Hall–Kier alpha value is -1.25. The zero-order valence-electron chi connectivity index (χ0n) is 18.3. The molecule has 2 fully saturated rings. The van der Waals surface area contributed by atoms with E-state index in [1.165, 1.54) is 7.11 Å². The van der Waals surface area contributed by atoms with Crippen LogP contribution in [0.2, 0.25) is 0 Å². The molecule has 4 bridgehead atoms. The van der Waals surface area contributed by atoms with Gasteiger partial charge in [0.2, 0.25) is 0 Å². The van der Waals surface area contributed by atoms with Gasteiger partial charge in [0.05, 0.1) is 24.4 Å². The Kier molecular flexibility index (Phi) is 5.64. The maximum atomic E-state index is 12.8. The number of hydrogen-bond donors (Lipinski definition) is 3. The fourth-order valence-corrected chi connectivity index (χ4v) is 6.34. The molecule has 2 aliphatic carbocycles. The zero-order chi connectivity index (χ0) is 22.0. The van der Waals surface area contributed by atoms with Crippen LogP contribution < -0.4 is 0 Å². The van der Waals surface area contributed by atoms with Crippen molar-refractivity contribution in [2.24, 2.45) is 29.6 Å². The van der Waals surface area contributed by atoms with Crippen LogP contribution in [0.1, 0.15) is 34.1 Å². The van der Waals surface area contributed by atoms with Crippen molar-refractivity contribution in [3.63, 3.8) is 0 Å². The van der Waals surface area contributed by atoms with E-state index in [4.69, 9.17) is 14.2 Å². The summed E-state index contributed by atoms with van der Waals surface area (Å²) < 4.78 is 17.8. The smallest absolute Gasteiger partial charge is 0.335 e. The Labute approximate surface area is 177 Å². The van der Waals surface area contributed by atoms with Crippen LogP contribution in [-0.4, -0.2) is 70.6 Å². The summed E-state index contributed by atoms with van der Waals surface area (Å²) >= 11 is 0. The minimum atomic E-state index is -0.853. The molecule has 0 amide bonds. The molecule has 3 N–H and O–H groups in total. The highest BCUT2D eigenvalue weighted by Crippen LogP contribution is 2.60. The van der Waals surface area contributed by atoms with Gasteiger partial charge >= 0.3 is 5.97 Å². The summed E-state index contributed by atoms with van der Waals surface area (Å²) in [7, 11) is 1.47. The van der Waals surface area contributed by atoms with Crippen molar-refractivity contribution >= 4 is 5.97 Å². The molecule has 2 unspecified atom stereocenters. The molecule has 1 spiro atoms. The third-order valence-corrected chi connectivity index (χ3v) is 7.91. The van der Waals surface area contributed by atoms with Gasteiger partial charge in [0.25, 0.3) is 0 Å². The van der Waals surface area contributed by atoms with Crippen molar-refractivity contribution < 1.29 is 34.3 Å². The number of cyclic esters (lactones) is 1. The molecule has 1 saturated carbocycles. The van der Waals surface area contributed by atoms with E-state index in [1.807, 2.05) is 39.0 Å². The highest BCUT2D eigenvalue weighted by Gasteiger charge is 2.68. The summed E-state index contributed by atoms with van der Waals surface area (Å²) in [5.41, 5.74) is 0.0851. The first-order valence-electron chi connectivity index (χ1n) is 11.0. The quantitative estimate of drug-likeness (QED) is 0.454. The minimum absolute atomic E-state index is 0.0930. The molecule has 0 radical (unpaired) electrons. The maximum Gasteiger partial charge on any atom is 0.335 e. The molecular weight excluding hydrogens is 388 g/mol. The van der Waals surface area contributed by atoms with Crippen molar-refractivity contribution in [2.75, 3.05) is 7.11 Å². The summed E-state index contributed by atoms with van der Waals surface area (Å²) in [5, 5.41) is 32.3. The number of aliphatic hydroxyl groups is 3. The van der Waals surface area contributed by atoms with Gasteiger partial charge < -0.3 is 29.5 Å². The zero-order valence-corrected chi connectivity index (χ0v) is 18.3. The van der Waals surface area contributed by atoms with Gasteiger partial charge in [-0.3, -0.25) is 0 Å². The molecule has 168 valence electrons. The van der Waals surface area contributed by atoms with Crippen molar-refractivity contribution in [1.29, 1.82) is 0 Å². The molecule has 12 atom stereocenters. The molecule has 0 aromatic heterocycles. The average molecular weight is 423 g/mol. The minimum Gasteiger partial charge on any atom is -0.457 e. The van der Waals surface area contributed by atoms with Gasteiger partial charge in [-0.1, -0.05) is 32.1 Å². The van der Waals surface area contributed by atoms with Gasteiger partial charge in [-0.2, -0.15) is 0 Å². The summed E-state index contributed by atoms with van der Waals surface area (Å²) in [6.45, 7) is 7.34. The SMILES string of the molecule is CO[C@H]1C[C@H]2C=C[C@H]3[C@H]4OC2(/C(C)=C\[C@@H](C)C([C@@H](C)O)OC1=O)[C@@H]3[C@H](O)[C@@H](C)[C@H]4O. The number of esters is 1. The normalized spacial score (nSPS) is 53.3. The summed E-state index contributed by atoms with van der Waals surface area (Å²) in [5.74, 6) is -1.63. The van der Waals surface area contributed by atoms with Gasteiger partial charge in [-0.05, 0) is 25.8 Å². The van der Waals surface area contributed by atoms with Crippen LogP contribution in [-0.2, 0) is 19.0 Å². The molecule has 7 nitrogen and oxygen atoms in total. The maximum absolute atomic E-state index is 12.8. The first kappa shape index (κ1) is 22.0. The highest BCUT2D eigenvalue weighted by atomic mass is 16.6. The van der Waals surface area contributed by atoms with E-state index in [0.29, 0.717) is 6.42 Å². The second-order valence-electron chi connectivity index (χ2n) is 9.62. The van der Waals surface area contributed by atoms with E-state index in [9.17, 15) is 20.1 Å². The lowest BCUT2D eigenvalue weighted by Crippen LogP contribution is -2.56. The fourth-order valence-electron chi connectivity index (χ4n) is 6.34. The van der Waals surface area contributed by atoms with Crippen LogP contribution >= 0.6 is 0 Å². The van der Waals surface area contributed by atoms with Crippen LogP contribution in [0.25, 0.3) is 0 Å². The largest absolute Gasteiger partial charge is 0.457 e. The van der Waals surface area contributed by atoms with E-state index in [2.05, 4.69) is 0 Å². The molecular formula is C23H34O7. The van der Waals surface area contributed by atoms with E-state index >= 15 is 0 Å². The summed E-state index contributed by atoms with van der Waals surface area (Å²) in [4.78, 5) is 12.8. The van der Waals surface area contributed by atoms with Gasteiger partial charge in [0.1, 0.15) is 11.7 Å². The predicted molar refractivity (Wildman–Crippen MR) is 108 cm³/mol. The number of ether oxygens (including phenoxy) is 3. The molecule has 4 aliphatic rings. The van der Waals surface area contributed by atoms with E-state index in [0.717, 1.165) is 5.57 Å². The molecule has 7 heteroatoms. The molecule has 30 heavy (non-hydrogen) atoms. The van der Waals surface area contributed by atoms with Crippen molar-refractivity contribution in [3.8, 4) is 0 Å². The van der Waals surface area contributed by atoms with Crippen LogP contribution in [0.15, 0.2) is 23.8 Å². The molecule has 4 rings (SSSR count). The lowest BCUT2D eigenvalue weighted by atomic mass is 9.57. The van der Waals surface area contributed by atoms with Gasteiger partial charge in [0, 0.05) is 36.7 Å². The Bertz CT molecular complexity index is 746. The molecule has 2 heterocycles. The number of methoxy groups -OCH3 is 1. The van der Waals surface area contributed by atoms with E-state index in [-0.39, 0.29) is 29.6 Å². The Morgan fingerprint density at radius 2 is 1.93 bits per heavy atom. The van der Waals surface area contributed by atoms with Crippen molar-refractivity contribution in [2.45, 2.75) is 76.3 Å². The van der Waals surface area contributed by atoms with Crippen LogP contribution in [0.3, 0.4) is 0 Å². The first-order chi connectivity index (χ1) is 14.1. The van der Waals surface area contributed by atoms with E-state index < -0.39 is 48.2 Å². The molecule has 0 aromatic rings. The van der Waals surface area contributed by atoms with Gasteiger partial charge in [-0.25, -0.2) is 4.79 Å². The number of aliphatic hydroxyl groups excluding tert-OH is 3. The number of rotatable bonds is 2. The average Bonchev–Trinajstić information content (AvgIpc) is 2.91. The summed E-state index contributed by atoms with van der Waals surface area (Å²) in [6.07, 6.45) is 2.09. The molecule has 2 aliphatic heterocycles. The highest BCUT2D eigenvalue weighted by molar-refractivity contribution is 5.75. The Morgan fingerprint density at radius 3 is 2.57 bits per heavy atom. The van der Waals surface area contributed by atoms with Crippen LogP contribution in [0.4, 0.5) is 0 Å². The molecule has 0 aromatic carbocycles. The second kappa shape index (κ2) is 7.71. The van der Waals surface area contributed by atoms with Gasteiger partial charge in [0.15, 0.2) is 6.10 Å². The topological polar surface area (TPSA) is 105 Å². The standard InChI is InChI=1S/C23H34O7/c1-10-8-11(2)23-14(9-16(28-5)22(27)29-20(10)13(4)24)6-7-15-17(23)18(25)12(3)19(26)21(15)30-23/h6-8,10,12-21,24-26H,9H2,1-5H3/b11-8-/t10-,12-,13-,14-,15-,16+,17+,18-,19-,20?,21-,23?/m1/s1. The Morgan fingerprint density at radius 1 is 1.23 bits per heavy atom. The fraction of sp³-hybridized carbons (Fsp3) is 0.783. The van der Waals surface area contributed by atoms with Crippen LogP contribution in [0, 0.1) is 29.6 Å². The lowest BCUT2D eigenvalue weighted by Gasteiger charge is -2.48. The third kappa shape index (κ3) is 3.01. The van der Waals surface area contributed by atoms with Gasteiger partial charge in [-0.15, -0.1) is 0 Å². The lowest BCUT2D eigenvalue weighted by molar-refractivity contribution is -0.172. The second-order valence-corrected chi connectivity index (χ2v) is 9.62. The molecule has 1 saturated heterocycles.